The fraction of sp³-hybridized carbons (Fsp3) is 0.200. The summed E-state index contributed by atoms with van der Waals surface area (Å²) in [4.78, 5) is 11.2. The molecular weight excluding hydrogens is 372 g/mol. The highest BCUT2D eigenvalue weighted by Crippen LogP contribution is 2.25. The van der Waals surface area contributed by atoms with Gasteiger partial charge in [-0.05, 0) is 37.3 Å². The first-order chi connectivity index (χ1) is 11.3. The van der Waals surface area contributed by atoms with Crippen LogP contribution in [0.1, 0.15) is 5.56 Å². The van der Waals surface area contributed by atoms with Gasteiger partial charge in [0, 0.05) is 33.8 Å². The number of rotatable bonds is 7. The lowest BCUT2D eigenvalue weighted by molar-refractivity contribution is -0.385. The molecule has 0 heterocycles. The average molecular weight is 387 g/mol. The van der Waals surface area contributed by atoms with Gasteiger partial charge in [0.05, 0.1) is 9.82 Å². The van der Waals surface area contributed by atoms with Crippen molar-refractivity contribution in [1.82, 2.24) is 4.72 Å². The summed E-state index contributed by atoms with van der Waals surface area (Å²) in [5.74, 6) is 0.523. The number of nitro groups is 1. The smallest absolute Gasteiger partial charge is 0.258 e. The molecule has 2 rings (SSSR count). The molecule has 0 saturated heterocycles. The van der Waals surface area contributed by atoms with Crippen LogP contribution < -0.4 is 4.72 Å². The molecular formula is C15H15ClN2O4S2. The van der Waals surface area contributed by atoms with Gasteiger partial charge < -0.3 is 0 Å². The topological polar surface area (TPSA) is 89.3 Å². The maximum Gasteiger partial charge on any atom is 0.273 e. The first-order valence-electron chi connectivity index (χ1n) is 6.93. The van der Waals surface area contributed by atoms with Gasteiger partial charge in [0.2, 0.25) is 10.0 Å². The van der Waals surface area contributed by atoms with E-state index in [9.17, 15) is 18.5 Å². The van der Waals surface area contributed by atoms with Gasteiger partial charge >= 0.3 is 0 Å². The molecule has 0 unspecified atom stereocenters. The Hall–Kier alpha value is -1.61. The van der Waals surface area contributed by atoms with Crippen LogP contribution in [-0.2, 0) is 10.0 Å². The van der Waals surface area contributed by atoms with Crippen LogP contribution >= 0.6 is 23.4 Å². The molecule has 9 heteroatoms. The van der Waals surface area contributed by atoms with Crippen molar-refractivity contribution in [3.63, 3.8) is 0 Å². The second-order valence-electron chi connectivity index (χ2n) is 4.86. The zero-order valence-corrected chi connectivity index (χ0v) is 15.1. The SMILES string of the molecule is Cc1c([N+](=O)[O-])cccc1S(=O)(=O)NCCSc1ccc(Cl)cc1. The number of nitrogens with one attached hydrogen (secondary N) is 1. The van der Waals surface area contributed by atoms with Crippen LogP contribution in [0.15, 0.2) is 52.3 Å². The summed E-state index contributed by atoms with van der Waals surface area (Å²) in [7, 11) is -3.80. The number of nitro benzene ring substituents is 1. The van der Waals surface area contributed by atoms with Crippen molar-refractivity contribution in [2.45, 2.75) is 16.7 Å². The summed E-state index contributed by atoms with van der Waals surface area (Å²) in [6.45, 7) is 1.63. The predicted molar refractivity (Wildman–Crippen MR) is 95.2 cm³/mol. The third-order valence-electron chi connectivity index (χ3n) is 3.22. The average Bonchev–Trinajstić information content (AvgIpc) is 2.53. The van der Waals surface area contributed by atoms with Gasteiger partial charge in [-0.15, -0.1) is 11.8 Å². The Morgan fingerprint density at radius 2 is 1.88 bits per heavy atom. The van der Waals surface area contributed by atoms with Crippen molar-refractivity contribution in [2.24, 2.45) is 0 Å². The van der Waals surface area contributed by atoms with Crippen LogP contribution in [0.4, 0.5) is 5.69 Å². The minimum atomic E-state index is -3.80. The Kier molecular flexibility index (Phi) is 6.22. The van der Waals surface area contributed by atoms with Crippen LogP contribution in [0, 0.1) is 17.0 Å². The van der Waals surface area contributed by atoms with Crippen molar-refractivity contribution in [2.75, 3.05) is 12.3 Å². The zero-order chi connectivity index (χ0) is 17.7. The summed E-state index contributed by atoms with van der Waals surface area (Å²) in [5, 5.41) is 11.6. The molecule has 0 amide bonds. The van der Waals surface area contributed by atoms with Crippen molar-refractivity contribution in [3.8, 4) is 0 Å². The van der Waals surface area contributed by atoms with E-state index in [4.69, 9.17) is 11.6 Å². The third-order valence-corrected chi connectivity index (χ3v) is 6.09. The Morgan fingerprint density at radius 1 is 1.21 bits per heavy atom. The van der Waals surface area contributed by atoms with Crippen LogP contribution in [0.5, 0.6) is 0 Å². The lowest BCUT2D eigenvalue weighted by atomic mass is 10.2. The summed E-state index contributed by atoms with van der Waals surface area (Å²) >= 11 is 7.29. The number of nitrogens with zero attached hydrogens (tertiary/aromatic N) is 1. The molecule has 0 saturated carbocycles. The minimum Gasteiger partial charge on any atom is -0.258 e. The van der Waals surface area contributed by atoms with Crippen molar-refractivity contribution in [1.29, 1.82) is 0 Å². The standard InChI is InChI=1S/C15H15ClN2O4S2/c1-11-14(18(19)20)3-2-4-15(11)24(21,22)17-9-10-23-13-7-5-12(16)6-8-13/h2-8,17H,9-10H2,1H3. The summed E-state index contributed by atoms with van der Waals surface area (Å²) in [5.41, 5.74) is -0.0891. The van der Waals surface area contributed by atoms with Crippen LogP contribution in [0.3, 0.4) is 0 Å². The van der Waals surface area contributed by atoms with E-state index in [2.05, 4.69) is 4.72 Å². The number of benzene rings is 2. The summed E-state index contributed by atoms with van der Waals surface area (Å²) in [6, 6.07) is 11.2. The number of thioether (sulfide) groups is 1. The molecule has 6 nitrogen and oxygen atoms in total. The molecule has 0 spiro atoms. The maximum atomic E-state index is 12.3. The van der Waals surface area contributed by atoms with Gasteiger partial charge in [-0.25, -0.2) is 13.1 Å². The fourth-order valence-corrected chi connectivity index (χ4v) is 4.36. The fourth-order valence-electron chi connectivity index (χ4n) is 2.05. The first kappa shape index (κ1) is 18.7. The lowest BCUT2D eigenvalue weighted by Gasteiger charge is -2.09. The minimum absolute atomic E-state index is 0.0757. The highest BCUT2D eigenvalue weighted by molar-refractivity contribution is 7.99. The monoisotopic (exact) mass is 386 g/mol. The van der Waals surface area contributed by atoms with E-state index in [0.29, 0.717) is 10.8 Å². The molecule has 0 atom stereocenters. The first-order valence-corrected chi connectivity index (χ1v) is 9.78. The zero-order valence-electron chi connectivity index (χ0n) is 12.7. The van der Waals surface area contributed by atoms with Crippen molar-refractivity contribution < 1.29 is 13.3 Å². The maximum absolute atomic E-state index is 12.3. The van der Waals surface area contributed by atoms with Gasteiger partial charge in [-0.1, -0.05) is 17.7 Å². The molecule has 0 aliphatic rings. The van der Waals surface area contributed by atoms with E-state index < -0.39 is 14.9 Å². The van der Waals surface area contributed by atoms with Gasteiger partial charge in [-0.3, -0.25) is 10.1 Å². The van der Waals surface area contributed by atoms with Crippen LogP contribution in [-0.4, -0.2) is 25.6 Å². The van der Waals surface area contributed by atoms with Gasteiger partial charge in [-0.2, -0.15) is 0 Å². The van der Waals surface area contributed by atoms with E-state index >= 15 is 0 Å². The summed E-state index contributed by atoms with van der Waals surface area (Å²) < 4.78 is 27.1. The molecule has 2 aromatic carbocycles. The number of sulfonamides is 1. The number of hydrogen-bond donors (Lipinski definition) is 1. The number of hydrogen-bond acceptors (Lipinski definition) is 5. The van der Waals surface area contributed by atoms with E-state index in [-0.39, 0.29) is 22.7 Å². The quantitative estimate of drug-likeness (QED) is 0.339. The van der Waals surface area contributed by atoms with Gasteiger partial charge in [0.1, 0.15) is 0 Å². The highest BCUT2D eigenvalue weighted by atomic mass is 35.5. The molecule has 128 valence electrons. The second kappa shape index (κ2) is 7.98. The predicted octanol–water partition coefficient (Wildman–Crippen LogP) is 3.63. The van der Waals surface area contributed by atoms with E-state index in [1.165, 1.54) is 36.9 Å². The largest absolute Gasteiger partial charge is 0.273 e. The lowest BCUT2D eigenvalue weighted by Crippen LogP contribution is -2.26. The van der Waals surface area contributed by atoms with Crippen molar-refractivity contribution in [3.05, 3.63) is 63.2 Å². The Labute approximate surface area is 149 Å². The molecule has 0 radical (unpaired) electrons. The molecule has 2 aromatic rings. The Morgan fingerprint density at radius 3 is 2.50 bits per heavy atom. The van der Waals surface area contributed by atoms with Crippen LogP contribution in [0.25, 0.3) is 0 Å². The summed E-state index contributed by atoms with van der Waals surface area (Å²) in [6.07, 6.45) is 0. The van der Waals surface area contributed by atoms with Gasteiger partial charge in [0.15, 0.2) is 0 Å². The molecule has 0 bridgehead atoms. The molecule has 0 aliphatic carbocycles. The van der Waals surface area contributed by atoms with Gasteiger partial charge in [0.25, 0.3) is 5.69 Å². The Bertz CT molecular complexity index is 839. The molecule has 1 N–H and O–H groups in total. The molecule has 0 fully saturated rings. The molecule has 0 aromatic heterocycles. The highest BCUT2D eigenvalue weighted by Gasteiger charge is 2.22. The second-order valence-corrected chi connectivity index (χ2v) is 8.20. The van der Waals surface area contributed by atoms with E-state index in [1.807, 2.05) is 12.1 Å². The molecule has 24 heavy (non-hydrogen) atoms. The Balaban J connectivity index is 2.00. The van der Waals surface area contributed by atoms with Crippen LogP contribution in [0.2, 0.25) is 5.02 Å². The number of halogens is 1. The van der Waals surface area contributed by atoms with E-state index in [1.54, 1.807) is 12.1 Å². The van der Waals surface area contributed by atoms with E-state index in [0.717, 1.165) is 4.90 Å². The third kappa shape index (κ3) is 4.70. The van der Waals surface area contributed by atoms with Crippen molar-refractivity contribution >= 4 is 39.1 Å². The molecule has 0 aliphatic heterocycles. The normalized spacial score (nSPS) is 11.4.